The first-order chi connectivity index (χ1) is 9.69. The summed E-state index contributed by atoms with van der Waals surface area (Å²) >= 11 is 6.09. The lowest BCUT2D eigenvalue weighted by molar-refractivity contribution is 0.415. The maximum Gasteiger partial charge on any atom is 0.204 e. The predicted molar refractivity (Wildman–Crippen MR) is 79.4 cm³/mol. The largest absolute Gasteiger partial charge is 0.495 e. The van der Waals surface area contributed by atoms with E-state index in [-0.39, 0.29) is 0 Å². The van der Waals surface area contributed by atoms with Crippen LogP contribution in [0.4, 0.5) is 17.3 Å². The van der Waals surface area contributed by atoms with Gasteiger partial charge in [-0.15, -0.1) is 0 Å². The highest BCUT2D eigenvalue weighted by atomic mass is 35.5. The van der Waals surface area contributed by atoms with Crippen molar-refractivity contribution in [3.8, 4) is 11.5 Å². The summed E-state index contributed by atoms with van der Waals surface area (Å²) in [7, 11) is 4.89. The van der Waals surface area contributed by atoms with Crippen molar-refractivity contribution in [3.63, 3.8) is 0 Å². The fourth-order valence-corrected chi connectivity index (χ4v) is 1.97. The topological polar surface area (TPSA) is 68.3 Å². The Bertz CT molecular complexity index is 607. The highest BCUT2D eigenvalue weighted by molar-refractivity contribution is 6.32. The van der Waals surface area contributed by atoms with Crippen LogP contribution in [0.25, 0.3) is 0 Å². The first-order valence-electron chi connectivity index (χ1n) is 5.87. The number of methoxy groups -OCH3 is 2. The molecular weight excluding hydrogens is 280 g/mol. The summed E-state index contributed by atoms with van der Waals surface area (Å²) in [6, 6.07) is 5.36. The van der Waals surface area contributed by atoms with Crippen LogP contribution in [-0.2, 0) is 0 Å². The van der Waals surface area contributed by atoms with E-state index in [1.807, 2.05) is 6.07 Å². The molecule has 20 heavy (non-hydrogen) atoms. The third kappa shape index (κ3) is 2.85. The smallest absolute Gasteiger partial charge is 0.204 e. The van der Waals surface area contributed by atoms with Gasteiger partial charge in [0.15, 0.2) is 11.6 Å². The molecule has 2 rings (SSSR count). The molecule has 0 radical (unpaired) electrons. The average molecular weight is 295 g/mol. The Morgan fingerprint density at radius 1 is 1.10 bits per heavy atom. The van der Waals surface area contributed by atoms with Gasteiger partial charge in [-0.05, 0) is 18.2 Å². The predicted octanol–water partition coefficient (Wildman–Crippen LogP) is 2.93. The first kappa shape index (κ1) is 14.2. The third-order valence-electron chi connectivity index (χ3n) is 2.66. The molecule has 2 N–H and O–H groups in total. The molecule has 0 bridgehead atoms. The molecular formula is C13H15ClN4O2. The summed E-state index contributed by atoms with van der Waals surface area (Å²) in [4.78, 5) is 8.25. The molecule has 0 unspecified atom stereocenters. The fourth-order valence-electron chi connectivity index (χ4n) is 1.72. The summed E-state index contributed by atoms with van der Waals surface area (Å²) in [5.74, 6) is 2.29. The van der Waals surface area contributed by atoms with Gasteiger partial charge in [0.25, 0.3) is 0 Å². The van der Waals surface area contributed by atoms with Crippen LogP contribution in [0.15, 0.2) is 24.5 Å². The van der Waals surface area contributed by atoms with Crippen molar-refractivity contribution in [2.45, 2.75) is 0 Å². The molecule has 0 fully saturated rings. The van der Waals surface area contributed by atoms with Crippen LogP contribution in [0.3, 0.4) is 0 Å². The molecule has 106 valence electrons. The summed E-state index contributed by atoms with van der Waals surface area (Å²) in [5, 5.41) is 6.59. The van der Waals surface area contributed by atoms with Crippen LogP contribution in [0.1, 0.15) is 0 Å². The number of rotatable bonds is 5. The minimum atomic E-state index is 0.513. The van der Waals surface area contributed by atoms with Crippen molar-refractivity contribution in [2.75, 3.05) is 31.9 Å². The molecule has 0 amide bonds. The van der Waals surface area contributed by atoms with E-state index >= 15 is 0 Å². The monoisotopic (exact) mass is 294 g/mol. The third-order valence-corrected chi connectivity index (χ3v) is 2.95. The van der Waals surface area contributed by atoms with Gasteiger partial charge in [-0.2, -0.15) is 0 Å². The van der Waals surface area contributed by atoms with Gasteiger partial charge in [-0.25, -0.2) is 9.97 Å². The van der Waals surface area contributed by atoms with Gasteiger partial charge < -0.3 is 20.1 Å². The second-order valence-electron chi connectivity index (χ2n) is 3.83. The average Bonchev–Trinajstić information content (AvgIpc) is 2.47. The van der Waals surface area contributed by atoms with E-state index in [4.69, 9.17) is 21.1 Å². The summed E-state index contributed by atoms with van der Waals surface area (Å²) in [6.07, 6.45) is 1.45. The molecule has 1 aromatic carbocycles. The zero-order chi connectivity index (χ0) is 14.5. The number of aromatic nitrogens is 2. The van der Waals surface area contributed by atoms with Gasteiger partial charge in [0, 0.05) is 12.7 Å². The SMILES string of the molecule is CNc1ncnc(Nc2ccc(OC)c(Cl)c2)c1OC. The van der Waals surface area contributed by atoms with Gasteiger partial charge in [-0.3, -0.25) is 0 Å². The van der Waals surface area contributed by atoms with Gasteiger partial charge in [0.05, 0.1) is 19.2 Å². The number of nitrogens with one attached hydrogen (secondary N) is 2. The summed E-state index contributed by atoms with van der Waals surface area (Å²) in [5.41, 5.74) is 0.773. The van der Waals surface area contributed by atoms with Crippen LogP contribution in [0, 0.1) is 0 Å². The van der Waals surface area contributed by atoms with E-state index in [0.29, 0.717) is 28.2 Å². The van der Waals surface area contributed by atoms with Crippen molar-refractivity contribution < 1.29 is 9.47 Å². The Balaban J connectivity index is 2.32. The molecule has 0 aliphatic rings. The lowest BCUT2D eigenvalue weighted by Crippen LogP contribution is -2.03. The first-order valence-corrected chi connectivity index (χ1v) is 6.24. The maximum absolute atomic E-state index is 6.09. The molecule has 0 aliphatic carbocycles. The molecule has 0 saturated heterocycles. The maximum atomic E-state index is 6.09. The molecule has 0 spiro atoms. The number of halogens is 1. The number of hydrogen-bond donors (Lipinski definition) is 2. The van der Waals surface area contributed by atoms with Gasteiger partial charge in [0.1, 0.15) is 12.1 Å². The number of anilines is 3. The van der Waals surface area contributed by atoms with E-state index in [2.05, 4.69) is 20.6 Å². The minimum absolute atomic E-state index is 0.513. The highest BCUT2D eigenvalue weighted by Gasteiger charge is 2.11. The van der Waals surface area contributed by atoms with Crippen LogP contribution in [-0.4, -0.2) is 31.2 Å². The van der Waals surface area contributed by atoms with Crippen LogP contribution < -0.4 is 20.1 Å². The molecule has 0 saturated carbocycles. The lowest BCUT2D eigenvalue weighted by atomic mass is 10.3. The summed E-state index contributed by atoms with van der Waals surface area (Å²) < 4.78 is 10.4. The number of hydrogen-bond acceptors (Lipinski definition) is 6. The van der Waals surface area contributed by atoms with Gasteiger partial charge in [-0.1, -0.05) is 11.6 Å². The Morgan fingerprint density at radius 2 is 1.85 bits per heavy atom. The summed E-state index contributed by atoms with van der Waals surface area (Å²) in [6.45, 7) is 0. The molecule has 1 heterocycles. The molecule has 0 atom stereocenters. The lowest BCUT2D eigenvalue weighted by Gasteiger charge is -2.13. The number of benzene rings is 1. The van der Waals surface area contributed by atoms with Crippen LogP contribution in [0.5, 0.6) is 11.5 Å². The van der Waals surface area contributed by atoms with Crippen molar-refractivity contribution in [1.29, 1.82) is 0 Å². The Kier molecular flexibility index (Phi) is 4.47. The van der Waals surface area contributed by atoms with E-state index in [1.54, 1.807) is 33.4 Å². The molecule has 1 aromatic heterocycles. The fraction of sp³-hybridized carbons (Fsp3) is 0.231. The van der Waals surface area contributed by atoms with Crippen molar-refractivity contribution >= 4 is 28.9 Å². The van der Waals surface area contributed by atoms with E-state index in [0.717, 1.165) is 5.69 Å². The highest BCUT2D eigenvalue weighted by Crippen LogP contribution is 2.33. The number of nitrogens with zero attached hydrogens (tertiary/aromatic N) is 2. The second kappa shape index (κ2) is 6.29. The van der Waals surface area contributed by atoms with Crippen LogP contribution in [0.2, 0.25) is 5.02 Å². The number of ether oxygens (including phenoxy) is 2. The van der Waals surface area contributed by atoms with Crippen molar-refractivity contribution in [2.24, 2.45) is 0 Å². The Labute approximate surface area is 122 Å². The minimum Gasteiger partial charge on any atom is -0.495 e. The molecule has 6 nitrogen and oxygen atoms in total. The van der Waals surface area contributed by atoms with E-state index in [9.17, 15) is 0 Å². The molecule has 2 aromatic rings. The second-order valence-corrected chi connectivity index (χ2v) is 4.24. The van der Waals surface area contributed by atoms with Gasteiger partial charge in [0.2, 0.25) is 5.75 Å². The normalized spacial score (nSPS) is 10.0. The van der Waals surface area contributed by atoms with Gasteiger partial charge >= 0.3 is 0 Å². The van der Waals surface area contributed by atoms with E-state index < -0.39 is 0 Å². The zero-order valence-corrected chi connectivity index (χ0v) is 12.2. The molecule has 7 heteroatoms. The van der Waals surface area contributed by atoms with Crippen LogP contribution >= 0.6 is 11.6 Å². The standard InChI is InChI=1S/C13H15ClN4O2/c1-15-12-11(20-3)13(17-7-16-12)18-8-4-5-10(19-2)9(14)6-8/h4-7H,1-3H3,(H2,15,16,17,18). The molecule has 0 aliphatic heterocycles. The van der Waals surface area contributed by atoms with E-state index in [1.165, 1.54) is 6.33 Å². The van der Waals surface area contributed by atoms with Crippen molar-refractivity contribution in [3.05, 3.63) is 29.5 Å². The zero-order valence-electron chi connectivity index (χ0n) is 11.4. The van der Waals surface area contributed by atoms with Crippen molar-refractivity contribution in [1.82, 2.24) is 9.97 Å². The Morgan fingerprint density at radius 3 is 2.45 bits per heavy atom. The quantitative estimate of drug-likeness (QED) is 0.884. The Hall–Kier alpha value is -2.21.